The fourth-order valence-electron chi connectivity index (χ4n) is 4.76. The van der Waals surface area contributed by atoms with E-state index in [0.717, 1.165) is 24.0 Å². The summed E-state index contributed by atoms with van der Waals surface area (Å²) in [6.45, 7) is 2.04. The van der Waals surface area contributed by atoms with Crippen LogP contribution in [-0.2, 0) is 12.6 Å². The highest BCUT2D eigenvalue weighted by atomic mass is 19.1. The molecule has 0 amide bonds. The molecule has 5 radical (unpaired) electrons. The number of rotatable bonds is 5. The van der Waals surface area contributed by atoms with Crippen molar-refractivity contribution in [3.8, 4) is 11.4 Å². The number of ether oxygens (including phenoxy) is 1. The van der Waals surface area contributed by atoms with E-state index in [1.807, 2.05) is 35.9 Å². The van der Waals surface area contributed by atoms with E-state index in [9.17, 15) is 14.3 Å². The Balaban J connectivity index is 0.00000107. The number of aryl methyl sites for hydroxylation is 1. The molecule has 1 unspecified atom stereocenters. The molecule has 1 aliphatic heterocycles. The molecule has 2 aromatic heterocycles. The lowest BCUT2D eigenvalue weighted by Gasteiger charge is -2.35. The van der Waals surface area contributed by atoms with Crippen molar-refractivity contribution in [3.63, 3.8) is 0 Å². The van der Waals surface area contributed by atoms with Gasteiger partial charge < -0.3 is 19.0 Å². The molecule has 0 saturated heterocycles. The molecule has 2 aromatic carbocycles. The minimum absolute atomic E-state index is 0.280. The van der Waals surface area contributed by atoms with Gasteiger partial charge in [0.05, 0.1) is 31.4 Å². The summed E-state index contributed by atoms with van der Waals surface area (Å²) in [7, 11) is 13.4. The molecular weight excluding hydrogens is 482 g/mol. The number of aliphatic hydroxyl groups excluding tert-OH is 1. The van der Waals surface area contributed by atoms with Crippen molar-refractivity contribution in [2.45, 2.75) is 18.9 Å². The van der Waals surface area contributed by atoms with Crippen molar-refractivity contribution in [3.05, 3.63) is 98.9 Å². The lowest BCUT2D eigenvalue weighted by molar-refractivity contribution is 0.143. The quantitative estimate of drug-likeness (QED) is 0.393. The Kier molecular flexibility index (Phi) is 8.11. The number of imidazole rings is 2. The monoisotopic (exact) mass is 508 g/mol. The van der Waals surface area contributed by atoms with Gasteiger partial charge in [-0.2, -0.15) is 0 Å². The fourth-order valence-corrected chi connectivity index (χ4v) is 4.76. The van der Waals surface area contributed by atoms with Crippen LogP contribution in [0.4, 0.5) is 4.39 Å². The number of aromatic nitrogens is 4. The summed E-state index contributed by atoms with van der Waals surface area (Å²) in [4.78, 5) is 22.6. The van der Waals surface area contributed by atoms with Crippen molar-refractivity contribution in [1.82, 2.24) is 18.7 Å². The maximum absolute atomic E-state index is 13.7. The van der Waals surface area contributed by atoms with Gasteiger partial charge in [0.1, 0.15) is 22.5 Å². The predicted molar refractivity (Wildman–Crippen MR) is 146 cm³/mol. The molecule has 38 heavy (non-hydrogen) atoms. The topological polar surface area (TPSA) is 86.6 Å². The van der Waals surface area contributed by atoms with Crippen LogP contribution in [0.15, 0.2) is 64.8 Å². The minimum atomic E-state index is -1.02. The second kappa shape index (κ2) is 11.3. The summed E-state index contributed by atoms with van der Waals surface area (Å²) in [6.07, 6.45) is 5.84. The molecule has 12 heteroatoms. The highest BCUT2D eigenvalue weighted by Crippen LogP contribution is 2.29. The van der Waals surface area contributed by atoms with Crippen molar-refractivity contribution in [1.29, 1.82) is 0 Å². The Morgan fingerprint density at radius 3 is 2.55 bits per heavy atom. The largest absolute Gasteiger partial charge is 0.495 e. The second-order valence-corrected chi connectivity index (χ2v) is 8.90. The third-order valence-electron chi connectivity index (χ3n) is 6.63. The van der Waals surface area contributed by atoms with Gasteiger partial charge in [-0.1, -0.05) is 18.2 Å². The molecule has 0 fully saturated rings. The molecule has 0 bridgehead atoms. The summed E-state index contributed by atoms with van der Waals surface area (Å²) in [6, 6.07) is 11.6. The first-order chi connectivity index (χ1) is 18.3. The predicted octanol–water partition coefficient (Wildman–Crippen LogP) is 0.274. The van der Waals surface area contributed by atoms with E-state index in [-0.39, 0.29) is 18.0 Å². The van der Waals surface area contributed by atoms with Gasteiger partial charge in [-0.3, -0.25) is 14.4 Å². The molecule has 5 rings (SSSR count). The summed E-state index contributed by atoms with van der Waals surface area (Å²) < 4.78 is 24.3. The molecule has 0 saturated carbocycles. The third-order valence-corrected chi connectivity index (χ3v) is 6.63. The summed E-state index contributed by atoms with van der Waals surface area (Å²) in [5.74, 6) is 0.260. The number of nitrogens with zero attached hydrogens (tertiary/aromatic N) is 5. The van der Waals surface area contributed by atoms with E-state index >= 15 is 0 Å². The standard InChI is InChI=1S/C26H26FN5O3.B3/c1-17-14-31(16-29-17)21-9-4-18(13-23(21)35-3)12-22-24(34)32-25(30(22)2)28-11-10-26(32,15-33)19-5-7-20(27)8-6-19;1-3-2/h4-9,12-14,16,33H,10-11,15H2,1-3H3;/b22-12-;. The smallest absolute Gasteiger partial charge is 0.278 e. The van der Waals surface area contributed by atoms with Gasteiger partial charge in [-0.05, 0) is 54.8 Å². The molecule has 8 nitrogen and oxygen atoms in total. The second-order valence-electron chi connectivity index (χ2n) is 8.90. The van der Waals surface area contributed by atoms with Gasteiger partial charge in [0.15, 0.2) is 0 Å². The first kappa shape index (κ1) is 27.3. The molecule has 0 aliphatic carbocycles. The van der Waals surface area contributed by atoms with Crippen molar-refractivity contribution < 1.29 is 14.2 Å². The van der Waals surface area contributed by atoms with Crippen LogP contribution in [0.2, 0.25) is 0 Å². The summed E-state index contributed by atoms with van der Waals surface area (Å²) in [5.41, 5.74) is 2.32. The van der Waals surface area contributed by atoms with Gasteiger partial charge in [0.25, 0.3) is 5.56 Å². The van der Waals surface area contributed by atoms with E-state index in [1.54, 1.807) is 43.3 Å². The number of hydrogen-bond donors (Lipinski definition) is 1. The number of methoxy groups -OCH3 is 1. The molecule has 1 atom stereocenters. The zero-order valence-electron chi connectivity index (χ0n) is 21.5. The Labute approximate surface area is 223 Å². The number of benzene rings is 2. The van der Waals surface area contributed by atoms with Crippen LogP contribution < -0.4 is 21.3 Å². The molecule has 189 valence electrons. The van der Waals surface area contributed by atoms with Crippen molar-refractivity contribution in [2.24, 2.45) is 12.0 Å². The zero-order valence-corrected chi connectivity index (χ0v) is 21.5. The van der Waals surface area contributed by atoms with Crippen LogP contribution >= 0.6 is 0 Å². The number of halogens is 1. The van der Waals surface area contributed by atoms with Gasteiger partial charge in [0.2, 0.25) is 5.62 Å². The third kappa shape index (κ3) is 4.88. The number of aliphatic hydroxyl groups is 1. The first-order valence-electron chi connectivity index (χ1n) is 11.9. The SMILES string of the molecule is COc1cc(/C=c2/c(=O)n3c(n2C)=NCCC3(CO)c2ccc(F)cc2)ccc1-n1cnc(C)c1.[B][B][B]. The number of hydrogen-bond acceptors (Lipinski definition) is 5. The average Bonchev–Trinajstić information content (AvgIpc) is 3.46. The molecule has 0 spiro atoms. The van der Waals surface area contributed by atoms with E-state index in [2.05, 4.69) is 25.5 Å². The van der Waals surface area contributed by atoms with Crippen LogP contribution in [0, 0.1) is 12.7 Å². The van der Waals surface area contributed by atoms with Crippen LogP contribution in [0.5, 0.6) is 5.75 Å². The Bertz CT molecular complexity index is 1610. The first-order valence-corrected chi connectivity index (χ1v) is 11.9. The van der Waals surface area contributed by atoms with Gasteiger partial charge in [0, 0.05) is 42.3 Å². The van der Waals surface area contributed by atoms with E-state index < -0.39 is 5.54 Å². The Morgan fingerprint density at radius 1 is 1.24 bits per heavy atom. The van der Waals surface area contributed by atoms with E-state index in [1.165, 1.54) is 16.7 Å². The molecule has 3 heterocycles. The minimum Gasteiger partial charge on any atom is -0.495 e. The van der Waals surface area contributed by atoms with E-state index in [0.29, 0.717) is 35.2 Å². The van der Waals surface area contributed by atoms with Gasteiger partial charge >= 0.3 is 0 Å². The molecular formula is C26H26B3FN5O3. The lowest BCUT2D eigenvalue weighted by atomic mass is 9.40. The van der Waals surface area contributed by atoms with Crippen LogP contribution in [0.3, 0.4) is 0 Å². The van der Waals surface area contributed by atoms with Crippen molar-refractivity contribution >= 4 is 28.6 Å². The maximum atomic E-state index is 13.7. The number of fused-ring (bicyclic) bond motifs is 1. The van der Waals surface area contributed by atoms with Gasteiger partial charge in [-0.25, -0.2) is 9.37 Å². The van der Waals surface area contributed by atoms with Crippen molar-refractivity contribution in [2.75, 3.05) is 20.3 Å². The molecule has 1 aliphatic rings. The van der Waals surface area contributed by atoms with E-state index in [4.69, 9.17) is 4.74 Å². The maximum Gasteiger partial charge on any atom is 0.278 e. The Morgan fingerprint density at radius 2 is 1.95 bits per heavy atom. The van der Waals surface area contributed by atoms with Gasteiger partial charge in [-0.15, -0.1) is 0 Å². The normalized spacial score (nSPS) is 16.7. The average molecular weight is 508 g/mol. The highest BCUT2D eigenvalue weighted by Gasteiger charge is 2.39. The Hall–Kier alpha value is -3.79. The zero-order chi connectivity index (χ0) is 27.4. The molecule has 1 N–H and O–H groups in total. The van der Waals surface area contributed by atoms with Crippen LogP contribution in [0.25, 0.3) is 11.8 Å². The fraction of sp³-hybridized carbons (Fsp3) is 0.269. The summed E-state index contributed by atoms with van der Waals surface area (Å²) in [5, 5.41) is 10.9. The summed E-state index contributed by atoms with van der Waals surface area (Å²) >= 11 is 0. The lowest BCUT2D eigenvalue weighted by Crippen LogP contribution is -2.53. The van der Waals surface area contributed by atoms with Crippen LogP contribution in [0.1, 0.15) is 23.2 Å². The molecule has 4 aromatic rings. The van der Waals surface area contributed by atoms with Crippen LogP contribution in [-0.4, -0.2) is 66.6 Å². The highest BCUT2D eigenvalue weighted by molar-refractivity contribution is 7.17.